The highest BCUT2D eigenvalue weighted by atomic mass is 16.5. The first-order valence-electron chi connectivity index (χ1n) is 7.43. The lowest BCUT2D eigenvalue weighted by Gasteiger charge is -2.30. The normalized spacial score (nSPS) is 19.2. The van der Waals surface area contributed by atoms with Crippen LogP contribution in [0.3, 0.4) is 0 Å². The monoisotopic (exact) mass is 300 g/mol. The lowest BCUT2D eigenvalue weighted by atomic mass is 10.1. The van der Waals surface area contributed by atoms with Crippen LogP contribution >= 0.6 is 0 Å². The SMILES string of the molecule is CN1CCOC(CNC(=O)c2cc3ccccc3cc2O)C1. The van der Waals surface area contributed by atoms with Gasteiger partial charge in [-0.05, 0) is 30.0 Å². The lowest BCUT2D eigenvalue weighted by Crippen LogP contribution is -2.45. The summed E-state index contributed by atoms with van der Waals surface area (Å²) in [4.78, 5) is 14.5. The molecule has 0 radical (unpaired) electrons. The fraction of sp³-hybridized carbons (Fsp3) is 0.353. The van der Waals surface area contributed by atoms with Crippen LogP contribution in [0.5, 0.6) is 5.75 Å². The molecule has 2 N–H and O–H groups in total. The Kier molecular flexibility index (Phi) is 4.27. The molecule has 1 fully saturated rings. The van der Waals surface area contributed by atoms with E-state index >= 15 is 0 Å². The van der Waals surface area contributed by atoms with E-state index in [9.17, 15) is 9.90 Å². The van der Waals surface area contributed by atoms with Crippen molar-refractivity contribution in [2.45, 2.75) is 6.10 Å². The number of hydrogen-bond donors (Lipinski definition) is 2. The van der Waals surface area contributed by atoms with Gasteiger partial charge in [0.2, 0.25) is 0 Å². The Balaban J connectivity index is 1.70. The van der Waals surface area contributed by atoms with Crippen LogP contribution < -0.4 is 5.32 Å². The molecule has 2 aromatic carbocycles. The molecule has 5 heteroatoms. The number of nitrogens with one attached hydrogen (secondary N) is 1. The zero-order valence-electron chi connectivity index (χ0n) is 12.6. The first kappa shape index (κ1) is 14.8. The van der Waals surface area contributed by atoms with Crippen LogP contribution in [0.1, 0.15) is 10.4 Å². The van der Waals surface area contributed by atoms with Crippen molar-refractivity contribution in [1.29, 1.82) is 0 Å². The number of hydrogen-bond acceptors (Lipinski definition) is 4. The summed E-state index contributed by atoms with van der Waals surface area (Å²) in [5, 5.41) is 14.7. The van der Waals surface area contributed by atoms with Crippen molar-refractivity contribution in [2.24, 2.45) is 0 Å². The standard InChI is InChI=1S/C17H20N2O3/c1-19-6-7-22-14(11-19)10-18-17(21)15-8-12-4-2-3-5-13(12)9-16(15)20/h2-5,8-9,14,20H,6-7,10-11H2,1H3,(H,18,21). The zero-order chi connectivity index (χ0) is 15.5. The van der Waals surface area contributed by atoms with E-state index in [0.717, 1.165) is 23.9 Å². The van der Waals surface area contributed by atoms with Gasteiger partial charge in [-0.1, -0.05) is 24.3 Å². The van der Waals surface area contributed by atoms with Crippen LogP contribution in [-0.2, 0) is 4.74 Å². The zero-order valence-corrected chi connectivity index (χ0v) is 12.6. The summed E-state index contributed by atoms with van der Waals surface area (Å²) in [6, 6.07) is 11.0. The van der Waals surface area contributed by atoms with Crippen LogP contribution in [0.2, 0.25) is 0 Å². The summed E-state index contributed by atoms with van der Waals surface area (Å²) in [7, 11) is 2.03. The Bertz CT molecular complexity index is 687. The third-order valence-corrected chi connectivity index (χ3v) is 3.94. The summed E-state index contributed by atoms with van der Waals surface area (Å²) in [6.07, 6.45) is -0.00898. The molecule has 2 aromatic rings. The Morgan fingerprint density at radius 1 is 1.36 bits per heavy atom. The fourth-order valence-corrected chi connectivity index (χ4v) is 2.70. The van der Waals surface area contributed by atoms with Crippen LogP contribution in [0.15, 0.2) is 36.4 Å². The molecule has 0 spiro atoms. The number of phenols is 1. The summed E-state index contributed by atoms with van der Waals surface area (Å²) in [5.74, 6) is -0.280. The maximum absolute atomic E-state index is 12.3. The average molecular weight is 300 g/mol. The molecule has 0 aliphatic carbocycles. The number of amides is 1. The van der Waals surface area contributed by atoms with Crippen LogP contribution in [0.4, 0.5) is 0 Å². The van der Waals surface area contributed by atoms with Crippen molar-refractivity contribution in [2.75, 3.05) is 33.3 Å². The number of phenolic OH excluding ortho intramolecular Hbond substituents is 1. The first-order chi connectivity index (χ1) is 10.6. The summed E-state index contributed by atoms with van der Waals surface area (Å²) in [6.45, 7) is 2.83. The molecule has 1 unspecified atom stereocenters. The molecule has 3 rings (SSSR count). The summed E-state index contributed by atoms with van der Waals surface area (Å²) >= 11 is 0. The van der Waals surface area contributed by atoms with Gasteiger partial charge in [-0.25, -0.2) is 0 Å². The summed E-state index contributed by atoms with van der Waals surface area (Å²) in [5.41, 5.74) is 0.294. The number of aromatic hydroxyl groups is 1. The third kappa shape index (κ3) is 3.21. The maximum Gasteiger partial charge on any atom is 0.255 e. The highest BCUT2D eigenvalue weighted by molar-refractivity contribution is 6.01. The van der Waals surface area contributed by atoms with Crippen molar-refractivity contribution in [3.63, 3.8) is 0 Å². The van der Waals surface area contributed by atoms with E-state index in [4.69, 9.17) is 4.74 Å². The molecule has 0 saturated carbocycles. The number of rotatable bonds is 3. The molecule has 0 bridgehead atoms. The van der Waals surface area contributed by atoms with Crippen molar-refractivity contribution in [3.8, 4) is 5.75 Å². The van der Waals surface area contributed by atoms with Gasteiger partial charge in [0.05, 0.1) is 18.3 Å². The number of carbonyl (C=O) groups is 1. The fourth-order valence-electron chi connectivity index (χ4n) is 2.70. The number of ether oxygens (including phenoxy) is 1. The molecule has 1 amide bonds. The van der Waals surface area contributed by atoms with Gasteiger partial charge in [0.1, 0.15) is 5.75 Å². The molecule has 116 valence electrons. The van der Waals surface area contributed by atoms with Gasteiger partial charge in [-0.3, -0.25) is 4.79 Å². The first-order valence-corrected chi connectivity index (χ1v) is 7.43. The third-order valence-electron chi connectivity index (χ3n) is 3.94. The maximum atomic E-state index is 12.3. The van der Waals surface area contributed by atoms with E-state index < -0.39 is 0 Å². The highest BCUT2D eigenvalue weighted by Crippen LogP contribution is 2.24. The summed E-state index contributed by atoms with van der Waals surface area (Å²) < 4.78 is 5.62. The van der Waals surface area contributed by atoms with E-state index in [-0.39, 0.29) is 17.8 Å². The minimum absolute atomic E-state index is 0.00196. The minimum Gasteiger partial charge on any atom is -0.507 e. The Morgan fingerprint density at radius 2 is 2.09 bits per heavy atom. The second-order valence-corrected chi connectivity index (χ2v) is 5.68. The lowest BCUT2D eigenvalue weighted by molar-refractivity contribution is -0.0175. The molecule has 1 aliphatic heterocycles. The van der Waals surface area contributed by atoms with E-state index in [1.165, 1.54) is 0 Å². The number of benzene rings is 2. The molecular formula is C17H20N2O3. The highest BCUT2D eigenvalue weighted by Gasteiger charge is 2.19. The number of carbonyl (C=O) groups excluding carboxylic acids is 1. The smallest absolute Gasteiger partial charge is 0.255 e. The topological polar surface area (TPSA) is 61.8 Å². The molecule has 1 saturated heterocycles. The molecule has 1 aliphatic rings. The van der Waals surface area contributed by atoms with Gasteiger partial charge in [0.15, 0.2) is 0 Å². The molecule has 22 heavy (non-hydrogen) atoms. The molecule has 1 atom stereocenters. The number of likely N-dealkylation sites (N-methyl/N-ethyl adjacent to an activating group) is 1. The van der Waals surface area contributed by atoms with Gasteiger partial charge in [0.25, 0.3) is 5.91 Å². The van der Waals surface area contributed by atoms with Gasteiger partial charge < -0.3 is 20.1 Å². The van der Waals surface area contributed by atoms with E-state index in [1.54, 1.807) is 12.1 Å². The second-order valence-electron chi connectivity index (χ2n) is 5.68. The Hall–Kier alpha value is -2.11. The van der Waals surface area contributed by atoms with Gasteiger partial charge >= 0.3 is 0 Å². The van der Waals surface area contributed by atoms with E-state index in [0.29, 0.717) is 18.7 Å². The van der Waals surface area contributed by atoms with Gasteiger partial charge in [-0.2, -0.15) is 0 Å². The number of nitrogens with zero attached hydrogens (tertiary/aromatic N) is 1. The number of fused-ring (bicyclic) bond motifs is 1. The van der Waals surface area contributed by atoms with Crippen molar-refractivity contribution in [3.05, 3.63) is 42.0 Å². The van der Waals surface area contributed by atoms with E-state index in [2.05, 4.69) is 10.2 Å². The van der Waals surface area contributed by atoms with Crippen LogP contribution in [0, 0.1) is 0 Å². The van der Waals surface area contributed by atoms with Crippen molar-refractivity contribution < 1.29 is 14.6 Å². The van der Waals surface area contributed by atoms with Crippen LogP contribution in [-0.4, -0.2) is 55.3 Å². The van der Waals surface area contributed by atoms with Gasteiger partial charge in [-0.15, -0.1) is 0 Å². The van der Waals surface area contributed by atoms with Crippen LogP contribution in [0.25, 0.3) is 10.8 Å². The van der Waals surface area contributed by atoms with Crippen molar-refractivity contribution in [1.82, 2.24) is 10.2 Å². The van der Waals surface area contributed by atoms with Crippen molar-refractivity contribution >= 4 is 16.7 Å². The second kappa shape index (κ2) is 6.34. The van der Waals surface area contributed by atoms with E-state index in [1.807, 2.05) is 31.3 Å². The Labute approximate surface area is 129 Å². The molecule has 1 heterocycles. The molecule has 5 nitrogen and oxygen atoms in total. The predicted octanol–water partition coefficient (Wildman–Crippen LogP) is 1.61. The quantitative estimate of drug-likeness (QED) is 0.904. The minimum atomic E-state index is -0.278. The largest absolute Gasteiger partial charge is 0.507 e. The average Bonchev–Trinajstić information content (AvgIpc) is 2.52. The predicted molar refractivity (Wildman–Crippen MR) is 85.2 cm³/mol. The Morgan fingerprint density at radius 3 is 2.82 bits per heavy atom. The molecular weight excluding hydrogens is 280 g/mol. The number of morpholine rings is 1. The van der Waals surface area contributed by atoms with Gasteiger partial charge in [0, 0.05) is 19.6 Å². The molecule has 0 aromatic heterocycles.